The highest BCUT2D eigenvalue weighted by molar-refractivity contribution is 5.94. The number of carbonyl (C=O) groups is 2. The molecule has 24 heavy (non-hydrogen) atoms. The van der Waals surface area contributed by atoms with Crippen LogP contribution in [0.4, 0.5) is 0 Å². The first-order valence-electron chi connectivity index (χ1n) is 7.81. The minimum atomic E-state index is -0.448. The van der Waals surface area contributed by atoms with Gasteiger partial charge in [-0.1, -0.05) is 36.1 Å². The Bertz CT molecular complexity index is 861. The number of likely N-dealkylation sites (tertiary alicyclic amines) is 1. The second kappa shape index (κ2) is 6.59. The predicted octanol–water partition coefficient (Wildman–Crippen LogP) is 2.28. The minimum Gasteiger partial charge on any atom is -0.366 e. The molecule has 0 aliphatic carbocycles. The largest absolute Gasteiger partial charge is 0.366 e. The zero-order valence-corrected chi connectivity index (χ0v) is 13.5. The fourth-order valence-electron chi connectivity index (χ4n) is 2.76. The van der Waals surface area contributed by atoms with Crippen molar-refractivity contribution in [3.63, 3.8) is 0 Å². The van der Waals surface area contributed by atoms with E-state index in [1.807, 2.05) is 30.3 Å². The van der Waals surface area contributed by atoms with Crippen LogP contribution in [0.25, 0.3) is 11.1 Å². The molecule has 1 saturated heterocycles. The zero-order valence-electron chi connectivity index (χ0n) is 13.5. The van der Waals surface area contributed by atoms with Gasteiger partial charge in [-0.05, 0) is 41.8 Å². The lowest BCUT2D eigenvalue weighted by Crippen LogP contribution is -2.21. The van der Waals surface area contributed by atoms with E-state index in [2.05, 4.69) is 11.8 Å². The summed E-state index contributed by atoms with van der Waals surface area (Å²) in [5, 5.41) is 0. The number of hydrogen-bond acceptors (Lipinski definition) is 2. The van der Waals surface area contributed by atoms with Gasteiger partial charge in [0.15, 0.2) is 0 Å². The first-order chi connectivity index (χ1) is 11.5. The lowest BCUT2D eigenvalue weighted by molar-refractivity contribution is -0.128. The van der Waals surface area contributed by atoms with E-state index in [0.29, 0.717) is 5.56 Å². The van der Waals surface area contributed by atoms with E-state index in [1.165, 1.54) is 0 Å². The Balaban J connectivity index is 1.87. The number of benzene rings is 2. The van der Waals surface area contributed by atoms with Crippen molar-refractivity contribution in [2.45, 2.75) is 6.42 Å². The van der Waals surface area contributed by atoms with Crippen LogP contribution in [-0.4, -0.2) is 30.3 Å². The average molecular weight is 318 g/mol. The second-order valence-corrected chi connectivity index (χ2v) is 5.90. The van der Waals surface area contributed by atoms with Crippen LogP contribution in [-0.2, 0) is 4.79 Å². The Kier molecular flexibility index (Phi) is 4.35. The summed E-state index contributed by atoms with van der Waals surface area (Å²) in [7, 11) is 1.80. The molecule has 2 N–H and O–H groups in total. The molecular formula is C20H18N2O2. The van der Waals surface area contributed by atoms with Crippen molar-refractivity contribution in [1.29, 1.82) is 0 Å². The number of hydrogen-bond donors (Lipinski definition) is 1. The average Bonchev–Trinajstić information content (AvgIpc) is 2.92. The molecule has 4 nitrogen and oxygen atoms in total. The summed E-state index contributed by atoms with van der Waals surface area (Å²) >= 11 is 0. The molecule has 0 radical (unpaired) electrons. The van der Waals surface area contributed by atoms with Gasteiger partial charge in [-0.25, -0.2) is 0 Å². The van der Waals surface area contributed by atoms with Gasteiger partial charge in [0, 0.05) is 24.7 Å². The molecule has 0 spiro atoms. The highest BCUT2D eigenvalue weighted by atomic mass is 16.2. The Labute approximate surface area is 141 Å². The van der Waals surface area contributed by atoms with Gasteiger partial charge >= 0.3 is 0 Å². The van der Waals surface area contributed by atoms with Crippen LogP contribution in [0.15, 0.2) is 48.5 Å². The SMILES string of the molecule is CN1CCC(C#Cc2cccc(-c3cccc(C(N)=O)c3)c2)C1=O. The molecule has 1 aliphatic rings. The first-order valence-corrected chi connectivity index (χ1v) is 7.81. The fraction of sp³-hybridized carbons (Fsp3) is 0.200. The molecule has 1 heterocycles. The van der Waals surface area contributed by atoms with Crippen LogP contribution in [0.3, 0.4) is 0 Å². The number of nitrogens with two attached hydrogens (primary N) is 1. The maximum Gasteiger partial charge on any atom is 0.248 e. The third kappa shape index (κ3) is 3.31. The van der Waals surface area contributed by atoms with Gasteiger partial charge in [0.1, 0.15) is 5.92 Å². The molecule has 120 valence electrons. The van der Waals surface area contributed by atoms with Crippen molar-refractivity contribution in [3.05, 3.63) is 59.7 Å². The summed E-state index contributed by atoms with van der Waals surface area (Å²) in [6.07, 6.45) is 0.780. The molecule has 4 heteroatoms. The van der Waals surface area contributed by atoms with Gasteiger partial charge in [0.25, 0.3) is 0 Å². The number of amides is 2. The van der Waals surface area contributed by atoms with Crippen molar-refractivity contribution in [1.82, 2.24) is 4.90 Å². The number of rotatable bonds is 2. The molecule has 1 atom stereocenters. The van der Waals surface area contributed by atoms with E-state index in [1.54, 1.807) is 30.1 Å². The highest BCUT2D eigenvalue weighted by Crippen LogP contribution is 2.22. The lowest BCUT2D eigenvalue weighted by Gasteiger charge is -2.05. The summed E-state index contributed by atoms with van der Waals surface area (Å²) in [5.41, 5.74) is 8.52. The van der Waals surface area contributed by atoms with Crippen LogP contribution in [0.5, 0.6) is 0 Å². The molecule has 3 rings (SSSR count). The molecule has 0 bridgehead atoms. The standard InChI is InChI=1S/C20H18N2O2/c1-22-11-10-15(20(22)24)9-8-14-4-2-5-16(12-14)17-6-3-7-18(13-17)19(21)23/h2-7,12-13,15H,10-11H2,1H3,(H2,21,23). The van der Waals surface area contributed by atoms with Crippen LogP contribution in [0, 0.1) is 17.8 Å². The van der Waals surface area contributed by atoms with Crippen molar-refractivity contribution >= 4 is 11.8 Å². The first kappa shape index (κ1) is 15.8. The van der Waals surface area contributed by atoms with E-state index < -0.39 is 5.91 Å². The molecule has 2 amide bonds. The second-order valence-electron chi connectivity index (χ2n) is 5.90. The van der Waals surface area contributed by atoms with Crippen LogP contribution in [0.2, 0.25) is 0 Å². The summed E-state index contributed by atoms with van der Waals surface area (Å²) in [4.78, 5) is 24.9. The smallest absolute Gasteiger partial charge is 0.248 e. The summed E-state index contributed by atoms with van der Waals surface area (Å²) in [6.45, 7) is 0.762. The number of nitrogens with zero attached hydrogens (tertiary/aromatic N) is 1. The summed E-state index contributed by atoms with van der Waals surface area (Å²) in [6, 6.07) is 14.9. The third-order valence-electron chi connectivity index (χ3n) is 4.16. The molecule has 1 aliphatic heterocycles. The molecule has 0 aromatic heterocycles. The molecule has 1 unspecified atom stereocenters. The fourth-order valence-corrected chi connectivity index (χ4v) is 2.76. The van der Waals surface area contributed by atoms with Gasteiger partial charge < -0.3 is 10.6 Å². The van der Waals surface area contributed by atoms with Crippen LogP contribution >= 0.6 is 0 Å². The minimum absolute atomic E-state index is 0.0906. The summed E-state index contributed by atoms with van der Waals surface area (Å²) in [5.74, 6) is 5.60. The number of carbonyl (C=O) groups excluding carboxylic acids is 2. The summed E-state index contributed by atoms with van der Waals surface area (Å²) < 4.78 is 0. The Morgan fingerprint density at radius 3 is 2.54 bits per heavy atom. The third-order valence-corrected chi connectivity index (χ3v) is 4.16. The van der Waals surface area contributed by atoms with Gasteiger partial charge in [-0.3, -0.25) is 9.59 Å². The molecule has 0 saturated carbocycles. The maximum atomic E-state index is 11.9. The molecule has 2 aromatic carbocycles. The van der Waals surface area contributed by atoms with E-state index in [4.69, 9.17) is 5.73 Å². The Morgan fingerprint density at radius 1 is 1.17 bits per heavy atom. The monoisotopic (exact) mass is 318 g/mol. The van der Waals surface area contributed by atoms with Crippen molar-refractivity contribution in [2.24, 2.45) is 11.7 Å². The topological polar surface area (TPSA) is 63.4 Å². The van der Waals surface area contributed by atoms with Crippen molar-refractivity contribution in [2.75, 3.05) is 13.6 Å². The zero-order chi connectivity index (χ0) is 17.1. The molecule has 2 aromatic rings. The van der Waals surface area contributed by atoms with Crippen molar-refractivity contribution in [3.8, 4) is 23.0 Å². The van der Waals surface area contributed by atoms with E-state index >= 15 is 0 Å². The van der Waals surface area contributed by atoms with Gasteiger partial charge in [0.05, 0.1) is 0 Å². The predicted molar refractivity (Wildman–Crippen MR) is 93.0 cm³/mol. The highest BCUT2D eigenvalue weighted by Gasteiger charge is 2.26. The molecule has 1 fully saturated rings. The van der Waals surface area contributed by atoms with E-state index in [9.17, 15) is 9.59 Å². The Hall–Kier alpha value is -3.06. The normalized spacial score (nSPS) is 16.6. The van der Waals surface area contributed by atoms with Gasteiger partial charge in [-0.2, -0.15) is 0 Å². The van der Waals surface area contributed by atoms with Crippen LogP contribution in [0.1, 0.15) is 22.3 Å². The van der Waals surface area contributed by atoms with Gasteiger partial charge in [-0.15, -0.1) is 0 Å². The maximum absolute atomic E-state index is 11.9. The van der Waals surface area contributed by atoms with Crippen molar-refractivity contribution < 1.29 is 9.59 Å². The van der Waals surface area contributed by atoms with E-state index in [0.717, 1.165) is 29.7 Å². The van der Waals surface area contributed by atoms with E-state index in [-0.39, 0.29) is 11.8 Å². The van der Waals surface area contributed by atoms with Gasteiger partial charge in [0.2, 0.25) is 11.8 Å². The number of primary amides is 1. The molecular weight excluding hydrogens is 300 g/mol. The lowest BCUT2D eigenvalue weighted by atomic mass is 10.0. The Morgan fingerprint density at radius 2 is 1.88 bits per heavy atom. The van der Waals surface area contributed by atoms with Crippen LogP contribution < -0.4 is 5.73 Å². The quantitative estimate of drug-likeness (QED) is 0.864.